The summed E-state index contributed by atoms with van der Waals surface area (Å²) in [4.78, 5) is 0. The van der Waals surface area contributed by atoms with Gasteiger partial charge < -0.3 is 9.26 Å². The minimum Gasteiger partial charge on any atom is -0.384 e. The van der Waals surface area contributed by atoms with Crippen LogP contribution in [-0.4, -0.2) is 18.9 Å². The molecule has 0 spiro atoms. The Morgan fingerprint density at radius 2 is 1.94 bits per heavy atom. The molecular formula is C26H42INO2S. The Morgan fingerprint density at radius 1 is 1.13 bits per heavy atom. The quantitative estimate of drug-likeness (QED) is 0.347. The van der Waals surface area contributed by atoms with Crippen LogP contribution in [0.1, 0.15) is 97.1 Å². The standard InChI is InChI=1S/C24H36INO2S.C2H6/c1-15-8-11-24(14-27-3)16(12-15)4-5-17-18-6-7-20(21-13-22(29-25)28-26-21)23(18,2)10-9-19(17)24;1-2/h13,15-20H,4-12,14H2,1-3H3;1-2H3. The Hall–Kier alpha value is 0.250. The molecule has 8 unspecified atom stereocenters. The molecule has 31 heavy (non-hydrogen) atoms. The van der Waals surface area contributed by atoms with Crippen molar-refractivity contribution in [2.24, 2.45) is 40.4 Å². The maximum Gasteiger partial charge on any atom is 0.203 e. The zero-order valence-corrected chi connectivity index (χ0v) is 23.1. The Morgan fingerprint density at radius 3 is 2.65 bits per heavy atom. The molecular weight excluding hydrogens is 517 g/mol. The van der Waals surface area contributed by atoms with Crippen LogP contribution in [0.15, 0.2) is 15.7 Å². The van der Waals surface area contributed by atoms with E-state index in [0.717, 1.165) is 41.3 Å². The van der Waals surface area contributed by atoms with E-state index in [9.17, 15) is 0 Å². The normalized spacial score (nSPS) is 43.9. The Balaban J connectivity index is 0.00000112. The van der Waals surface area contributed by atoms with E-state index in [1.807, 2.05) is 21.0 Å². The number of rotatable bonds is 4. The molecule has 1 aromatic rings. The summed E-state index contributed by atoms with van der Waals surface area (Å²) in [6.45, 7) is 10.1. The van der Waals surface area contributed by atoms with Crippen molar-refractivity contribution in [1.82, 2.24) is 5.16 Å². The molecule has 5 heteroatoms. The van der Waals surface area contributed by atoms with Crippen molar-refractivity contribution < 1.29 is 9.26 Å². The summed E-state index contributed by atoms with van der Waals surface area (Å²) in [7, 11) is 3.58. The fourth-order valence-corrected chi connectivity index (χ4v) is 9.63. The first-order valence-corrected chi connectivity index (χ1v) is 16.1. The lowest BCUT2D eigenvalue weighted by atomic mass is 9.44. The molecule has 0 radical (unpaired) electrons. The Bertz CT molecular complexity index is 741. The molecule has 4 fully saturated rings. The molecule has 1 heterocycles. The van der Waals surface area contributed by atoms with E-state index >= 15 is 0 Å². The zero-order valence-electron chi connectivity index (χ0n) is 20.2. The Kier molecular flexibility index (Phi) is 7.75. The van der Waals surface area contributed by atoms with Crippen LogP contribution in [0, 0.1) is 40.4 Å². The number of hydrogen-bond donors (Lipinski definition) is 0. The second-order valence-corrected chi connectivity index (χ2v) is 12.9. The highest BCUT2D eigenvalue weighted by molar-refractivity contribution is 14.2. The van der Waals surface area contributed by atoms with Crippen LogP contribution in [0.2, 0.25) is 0 Å². The van der Waals surface area contributed by atoms with E-state index in [2.05, 4.69) is 46.3 Å². The first-order valence-electron chi connectivity index (χ1n) is 12.8. The second-order valence-electron chi connectivity index (χ2n) is 11.0. The topological polar surface area (TPSA) is 35.3 Å². The summed E-state index contributed by atoms with van der Waals surface area (Å²) in [6, 6.07) is 2.22. The van der Waals surface area contributed by atoms with Crippen molar-refractivity contribution in [3.63, 3.8) is 0 Å². The lowest BCUT2D eigenvalue weighted by Crippen LogP contribution is -2.56. The van der Waals surface area contributed by atoms with Crippen LogP contribution >= 0.6 is 30.1 Å². The molecule has 8 atom stereocenters. The van der Waals surface area contributed by atoms with E-state index in [4.69, 9.17) is 9.26 Å². The third-order valence-electron chi connectivity index (χ3n) is 9.98. The van der Waals surface area contributed by atoms with Gasteiger partial charge in [-0.25, -0.2) is 0 Å². The highest BCUT2D eigenvalue weighted by atomic mass is 127. The fraction of sp³-hybridized carbons (Fsp3) is 0.885. The zero-order chi connectivity index (χ0) is 22.2. The van der Waals surface area contributed by atoms with Gasteiger partial charge in [-0.3, -0.25) is 0 Å². The fourth-order valence-electron chi connectivity index (χ4n) is 8.77. The summed E-state index contributed by atoms with van der Waals surface area (Å²) in [5, 5.41) is 5.46. The van der Waals surface area contributed by atoms with Crippen molar-refractivity contribution in [1.29, 1.82) is 0 Å². The van der Waals surface area contributed by atoms with Crippen molar-refractivity contribution >= 4 is 30.1 Å². The van der Waals surface area contributed by atoms with E-state index < -0.39 is 0 Å². The number of methoxy groups -OCH3 is 1. The molecule has 176 valence electrons. The molecule has 0 aliphatic heterocycles. The molecule has 0 N–H and O–H groups in total. The molecule has 4 saturated carbocycles. The second kappa shape index (κ2) is 9.85. The van der Waals surface area contributed by atoms with Crippen LogP contribution in [0.5, 0.6) is 0 Å². The van der Waals surface area contributed by atoms with Gasteiger partial charge in [0.2, 0.25) is 5.09 Å². The van der Waals surface area contributed by atoms with E-state index in [1.54, 1.807) is 8.93 Å². The van der Waals surface area contributed by atoms with Crippen LogP contribution in [0.3, 0.4) is 0 Å². The molecule has 4 aliphatic carbocycles. The summed E-state index contributed by atoms with van der Waals surface area (Å²) in [5.41, 5.74) is 2.08. The molecule has 0 bridgehead atoms. The summed E-state index contributed by atoms with van der Waals surface area (Å²) in [5.74, 6) is 5.01. The highest BCUT2D eigenvalue weighted by Gasteiger charge is 2.61. The third-order valence-corrected chi connectivity index (χ3v) is 11.6. The lowest BCUT2D eigenvalue weighted by Gasteiger charge is -2.62. The number of fused-ring (bicyclic) bond motifs is 5. The number of ether oxygens (including phenoxy) is 1. The summed E-state index contributed by atoms with van der Waals surface area (Å²) < 4.78 is 11.5. The van der Waals surface area contributed by atoms with Gasteiger partial charge in [0.25, 0.3) is 0 Å². The molecule has 0 saturated heterocycles. The predicted molar refractivity (Wildman–Crippen MR) is 138 cm³/mol. The molecule has 0 amide bonds. The van der Waals surface area contributed by atoms with Crippen LogP contribution in [0.25, 0.3) is 0 Å². The summed E-state index contributed by atoms with van der Waals surface area (Å²) in [6.07, 6.45) is 12.6. The SMILES string of the molecule is CC.COCC12CCC(C)CC1CCC1C3CCC(c4cc(SI)on4)C3(C)CCC12. The van der Waals surface area contributed by atoms with Crippen molar-refractivity contribution in [2.45, 2.75) is 96.5 Å². The smallest absolute Gasteiger partial charge is 0.203 e. The average Bonchev–Trinajstić information content (AvgIpc) is 3.39. The Labute approximate surface area is 206 Å². The number of hydrogen-bond acceptors (Lipinski definition) is 4. The van der Waals surface area contributed by atoms with Gasteiger partial charge in [0.1, 0.15) is 0 Å². The van der Waals surface area contributed by atoms with E-state index in [-0.39, 0.29) is 0 Å². The molecule has 3 nitrogen and oxygen atoms in total. The van der Waals surface area contributed by atoms with Gasteiger partial charge in [-0.05, 0) is 101 Å². The van der Waals surface area contributed by atoms with Crippen molar-refractivity contribution in [2.75, 3.05) is 13.7 Å². The van der Waals surface area contributed by atoms with Crippen LogP contribution in [-0.2, 0) is 4.74 Å². The van der Waals surface area contributed by atoms with Gasteiger partial charge in [0.15, 0.2) is 0 Å². The minimum absolute atomic E-state index is 0.397. The molecule has 4 aliphatic rings. The average molecular weight is 560 g/mol. The van der Waals surface area contributed by atoms with Gasteiger partial charge in [-0.1, -0.05) is 39.3 Å². The van der Waals surface area contributed by atoms with Gasteiger partial charge in [-0.2, -0.15) is 0 Å². The number of halogens is 1. The third kappa shape index (κ3) is 4.05. The van der Waals surface area contributed by atoms with Crippen LogP contribution in [0.4, 0.5) is 0 Å². The highest BCUT2D eigenvalue weighted by Crippen LogP contribution is 2.69. The van der Waals surface area contributed by atoms with Gasteiger partial charge in [0, 0.05) is 40.3 Å². The first kappa shape index (κ1) is 24.4. The first-order chi connectivity index (χ1) is 15.0. The maximum atomic E-state index is 5.94. The number of nitrogens with zero attached hydrogens (tertiary/aromatic N) is 1. The van der Waals surface area contributed by atoms with E-state index in [1.165, 1.54) is 63.5 Å². The van der Waals surface area contributed by atoms with Gasteiger partial charge in [0.05, 0.1) is 12.3 Å². The van der Waals surface area contributed by atoms with Gasteiger partial charge >= 0.3 is 0 Å². The van der Waals surface area contributed by atoms with Gasteiger partial charge in [-0.15, -0.1) is 0 Å². The van der Waals surface area contributed by atoms with Crippen LogP contribution < -0.4 is 0 Å². The largest absolute Gasteiger partial charge is 0.384 e. The predicted octanol–water partition coefficient (Wildman–Crippen LogP) is 8.53. The molecule has 1 aromatic heterocycles. The molecule has 5 rings (SSSR count). The number of aromatic nitrogens is 1. The lowest BCUT2D eigenvalue weighted by molar-refractivity contribution is -0.147. The van der Waals surface area contributed by atoms with Crippen molar-refractivity contribution in [3.8, 4) is 0 Å². The molecule has 0 aromatic carbocycles. The minimum atomic E-state index is 0.397. The van der Waals surface area contributed by atoms with Crippen molar-refractivity contribution in [3.05, 3.63) is 11.8 Å². The van der Waals surface area contributed by atoms with E-state index in [0.29, 0.717) is 16.7 Å². The maximum absolute atomic E-state index is 5.94. The monoisotopic (exact) mass is 559 g/mol. The summed E-state index contributed by atoms with van der Waals surface area (Å²) >= 11 is 2.29.